The molecule has 2 aromatic carbocycles. The van der Waals surface area contributed by atoms with Gasteiger partial charge >= 0.3 is 0 Å². The zero-order valence-corrected chi connectivity index (χ0v) is 14.7. The van der Waals surface area contributed by atoms with E-state index in [1.807, 2.05) is 6.07 Å². The first-order chi connectivity index (χ1) is 12.3. The molecule has 2 aromatic rings. The van der Waals surface area contributed by atoms with Crippen LogP contribution in [0.2, 0.25) is 0 Å². The molecule has 25 heavy (non-hydrogen) atoms. The van der Waals surface area contributed by atoms with Gasteiger partial charge in [-0.2, -0.15) is 0 Å². The molecule has 0 spiro atoms. The third-order valence-corrected chi connectivity index (χ3v) is 6.26. The van der Waals surface area contributed by atoms with E-state index in [-0.39, 0.29) is 6.23 Å². The Morgan fingerprint density at radius 2 is 1.76 bits per heavy atom. The second kappa shape index (κ2) is 6.15. The average molecular weight is 335 g/mol. The van der Waals surface area contributed by atoms with E-state index in [4.69, 9.17) is 9.47 Å². The summed E-state index contributed by atoms with van der Waals surface area (Å²) >= 11 is 0. The Bertz CT molecular complexity index is 774. The van der Waals surface area contributed by atoms with E-state index >= 15 is 0 Å². The van der Waals surface area contributed by atoms with Gasteiger partial charge in [-0.25, -0.2) is 0 Å². The normalized spacial score (nSPS) is 31.4. The summed E-state index contributed by atoms with van der Waals surface area (Å²) in [6, 6.07) is 18.0. The topological polar surface area (TPSA) is 21.7 Å². The standard InChI is InChI=1S/C22H25NO2/c1-15-10-18(11-16-6-2-3-7-19(15)16)23-13-17-12-22(23)25-14-24-21-9-5-4-8-20(17)21/h2-9,15,17-18,22H,10-14H2,1H3/t15-,17?,18-,22?/m1/s1. The summed E-state index contributed by atoms with van der Waals surface area (Å²) in [7, 11) is 0. The van der Waals surface area contributed by atoms with Crippen molar-refractivity contribution in [1.29, 1.82) is 0 Å². The first-order valence-electron chi connectivity index (χ1n) is 9.46. The van der Waals surface area contributed by atoms with Gasteiger partial charge in [0.1, 0.15) is 12.0 Å². The summed E-state index contributed by atoms with van der Waals surface area (Å²) in [5.74, 6) is 2.12. The van der Waals surface area contributed by atoms with Gasteiger partial charge in [0.25, 0.3) is 0 Å². The summed E-state index contributed by atoms with van der Waals surface area (Å²) in [6.07, 6.45) is 3.61. The van der Waals surface area contributed by atoms with E-state index < -0.39 is 0 Å². The van der Waals surface area contributed by atoms with Gasteiger partial charge in [0.05, 0.1) is 0 Å². The predicted molar refractivity (Wildman–Crippen MR) is 97.8 cm³/mol. The quantitative estimate of drug-likeness (QED) is 0.776. The smallest absolute Gasteiger partial charge is 0.190 e. The van der Waals surface area contributed by atoms with E-state index in [1.54, 1.807) is 0 Å². The van der Waals surface area contributed by atoms with E-state index in [1.165, 1.54) is 23.1 Å². The average Bonchev–Trinajstić information content (AvgIpc) is 3.07. The van der Waals surface area contributed by atoms with Crippen LogP contribution in [-0.2, 0) is 11.2 Å². The SMILES string of the molecule is C[C@@H]1C[C@@H](N2CC3CC2OCOc2ccccc23)Cc2ccccc21. The van der Waals surface area contributed by atoms with E-state index in [0.29, 0.717) is 24.7 Å². The molecule has 0 saturated carbocycles. The fraction of sp³-hybridized carbons (Fsp3) is 0.455. The number of fused-ring (bicyclic) bond motifs is 5. The fourth-order valence-electron chi connectivity index (χ4n) is 5.05. The van der Waals surface area contributed by atoms with E-state index in [9.17, 15) is 0 Å². The third kappa shape index (κ3) is 2.66. The Labute approximate surface area is 149 Å². The van der Waals surface area contributed by atoms with Crippen LogP contribution in [0, 0.1) is 0 Å². The van der Waals surface area contributed by atoms with Gasteiger partial charge in [-0.1, -0.05) is 49.4 Å². The molecule has 0 aromatic heterocycles. The summed E-state index contributed by atoms with van der Waals surface area (Å²) in [6.45, 7) is 3.79. The van der Waals surface area contributed by atoms with E-state index in [0.717, 1.165) is 25.1 Å². The monoisotopic (exact) mass is 335 g/mol. The molecule has 3 nitrogen and oxygen atoms in total. The molecule has 2 bridgehead atoms. The molecule has 130 valence electrons. The summed E-state index contributed by atoms with van der Waals surface area (Å²) in [4.78, 5) is 2.61. The number of rotatable bonds is 1. The summed E-state index contributed by atoms with van der Waals surface area (Å²) < 4.78 is 12.0. The number of nitrogens with zero attached hydrogens (tertiary/aromatic N) is 1. The van der Waals surface area contributed by atoms with Crippen molar-refractivity contribution in [3.63, 3.8) is 0 Å². The van der Waals surface area contributed by atoms with Crippen LogP contribution in [0.15, 0.2) is 48.5 Å². The van der Waals surface area contributed by atoms with Gasteiger partial charge in [-0.15, -0.1) is 0 Å². The molecule has 0 amide bonds. The Morgan fingerprint density at radius 1 is 0.960 bits per heavy atom. The predicted octanol–water partition coefficient (Wildman–Crippen LogP) is 4.29. The maximum atomic E-state index is 6.12. The maximum absolute atomic E-state index is 6.12. The first kappa shape index (κ1) is 15.4. The van der Waals surface area contributed by atoms with Crippen molar-refractivity contribution < 1.29 is 9.47 Å². The van der Waals surface area contributed by atoms with Crippen LogP contribution in [0.5, 0.6) is 5.75 Å². The van der Waals surface area contributed by atoms with Gasteiger partial charge in [-0.3, -0.25) is 4.90 Å². The second-order valence-corrected chi connectivity index (χ2v) is 7.74. The molecular formula is C22H25NO2. The second-order valence-electron chi connectivity index (χ2n) is 7.74. The first-order valence-corrected chi connectivity index (χ1v) is 9.46. The number of benzene rings is 2. The minimum absolute atomic E-state index is 0.181. The van der Waals surface area contributed by atoms with Crippen molar-refractivity contribution in [3.8, 4) is 5.75 Å². The van der Waals surface area contributed by atoms with Crippen molar-refractivity contribution >= 4 is 0 Å². The molecule has 1 saturated heterocycles. The van der Waals surface area contributed by atoms with Crippen LogP contribution >= 0.6 is 0 Å². The van der Waals surface area contributed by atoms with Crippen LogP contribution in [-0.4, -0.2) is 30.5 Å². The number of likely N-dealkylation sites (tertiary alicyclic amines) is 1. The van der Waals surface area contributed by atoms with Crippen LogP contribution in [0.1, 0.15) is 48.3 Å². The van der Waals surface area contributed by atoms with Crippen molar-refractivity contribution in [1.82, 2.24) is 4.90 Å². The maximum Gasteiger partial charge on any atom is 0.190 e. The van der Waals surface area contributed by atoms with Crippen LogP contribution < -0.4 is 4.74 Å². The summed E-state index contributed by atoms with van der Waals surface area (Å²) in [5.41, 5.74) is 4.40. The molecule has 3 heteroatoms. The highest BCUT2D eigenvalue weighted by molar-refractivity contribution is 5.38. The highest BCUT2D eigenvalue weighted by atomic mass is 16.7. The van der Waals surface area contributed by atoms with Crippen LogP contribution in [0.4, 0.5) is 0 Å². The number of hydrogen-bond acceptors (Lipinski definition) is 3. The molecule has 0 radical (unpaired) electrons. The molecule has 2 unspecified atom stereocenters. The lowest BCUT2D eigenvalue weighted by atomic mass is 9.80. The molecule has 2 aliphatic heterocycles. The molecule has 3 aliphatic rings. The van der Waals surface area contributed by atoms with Crippen molar-refractivity contribution in [2.75, 3.05) is 13.3 Å². The number of ether oxygens (including phenoxy) is 2. The van der Waals surface area contributed by atoms with Gasteiger partial charge in [0.15, 0.2) is 6.79 Å². The summed E-state index contributed by atoms with van der Waals surface area (Å²) in [5, 5.41) is 0. The molecule has 1 aliphatic carbocycles. The zero-order valence-electron chi connectivity index (χ0n) is 14.7. The van der Waals surface area contributed by atoms with E-state index in [2.05, 4.69) is 54.3 Å². The Hall–Kier alpha value is -1.84. The van der Waals surface area contributed by atoms with Crippen molar-refractivity contribution in [3.05, 3.63) is 65.2 Å². The minimum Gasteiger partial charge on any atom is -0.467 e. The lowest BCUT2D eigenvalue weighted by molar-refractivity contribution is -0.107. The van der Waals surface area contributed by atoms with Gasteiger partial charge < -0.3 is 9.47 Å². The van der Waals surface area contributed by atoms with Crippen molar-refractivity contribution in [2.24, 2.45) is 0 Å². The molecule has 5 rings (SSSR count). The highest BCUT2D eigenvalue weighted by Crippen LogP contribution is 2.42. The zero-order chi connectivity index (χ0) is 16.8. The lowest BCUT2D eigenvalue weighted by Gasteiger charge is -2.38. The Kier molecular flexibility index (Phi) is 3.79. The van der Waals surface area contributed by atoms with Crippen LogP contribution in [0.25, 0.3) is 0 Å². The van der Waals surface area contributed by atoms with Gasteiger partial charge in [0, 0.05) is 18.5 Å². The Balaban J connectivity index is 1.43. The number of hydrogen-bond donors (Lipinski definition) is 0. The molecule has 2 heterocycles. The van der Waals surface area contributed by atoms with Gasteiger partial charge in [-0.05, 0) is 47.9 Å². The number of para-hydroxylation sites is 1. The largest absolute Gasteiger partial charge is 0.467 e. The fourth-order valence-corrected chi connectivity index (χ4v) is 5.05. The third-order valence-electron chi connectivity index (χ3n) is 6.26. The molecular weight excluding hydrogens is 310 g/mol. The molecule has 0 N–H and O–H groups in total. The highest BCUT2D eigenvalue weighted by Gasteiger charge is 2.41. The lowest BCUT2D eigenvalue weighted by Crippen LogP contribution is -2.44. The Morgan fingerprint density at radius 3 is 2.68 bits per heavy atom. The molecule has 4 atom stereocenters. The van der Waals surface area contributed by atoms with Crippen molar-refractivity contribution in [2.45, 2.75) is 50.3 Å². The van der Waals surface area contributed by atoms with Crippen LogP contribution in [0.3, 0.4) is 0 Å². The van der Waals surface area contributed by atoms with Gasteiger partial charge in [0.2, 0.25) is 0 Å². The minimum atomic E-state index is 0.181. The molecule has 1 fully saturated rings.